The highest BCUT2D eigenvalue weighted by molar-refractivity contribution is 7.89. The van der Waals surface area contributed by atoms with Gasteiger partial charge in [-0.25, -0.2) is 18.4 Å². The van der Waals surface area contributed by atoms with Gasteiger partial charge in [-0.05, 0) is 35.9 Å². The Morgan fingerprint density at radius 1 is 1.15 bits per heavy atom. The van der Waals surface area contributed by atoms with Gasteiger partial charge in [0.25, 0.3) is 5.91 Å². The molecule has 0 fully saturated rings. The molecule has 8 nitrogen and oxygen atoms in total. The van der Waals surface area contributed by atoms with Gasteiger partial charge in [-0.2, -0.15) is 0 Å². The Bertz CT molecular complexity index is 944. The molecule has 0 bridgehead atoms. The second kappa shape index (κ2) is 7.73. The largest absolute Gasteiger partial charge is 0.508 e. The Balaban J connectivity index is 2.22. The number of aromatic hydroxyl groups is 1. The fraction of sp³-hybridized carbons (Fsp3) is 0.125. The van der Waals surface area contributed by atoms with Gasteiger partial charge in [-0.1, -0.05) is 23.7 Å². The molecule has 1 amide bonds. The number of carbonyl (C=O) groups is 2. The molecule has 10 heteroatoms. The number of nitrogens with two attached hydrogens (primary N) is 1. The van der Waals surface area contributed by atoms with E-state index in [0.29, 0.717) is 5.56 Å². The number of phenols is 1. The van der Waals surface area contributed by atoms with Gasteiger partial charge in [-0.3, -0.25) is 4.79 Å². The fourth-order valence-electron chi connectivity index (χ4n) is 2.17. The average Bonchev–Trinajstić information content (AvgIpc) is 2.55. The number of nitrogens with one attached hydrogen (secondary N) is 1. The minimum Gasteiger partial charge on any atom is -0.508 e. The summed E-state index contributed by atoms with van der Waals surface area (Å²) in [5.41, 5.74) is 0.479. The summed E-state index contributed by atoms with van der Waals surface area (Å²) in [6.07, 6.45) is -0.0308. The lowest BCUT2D eigenvalue weighted by Gasteiger charge is -2.15. The van der Waals surface area contributed by atoms with Crippen molar-refractivity contribution in [2.24, 2.45) is 5.14 Å². The molecule has 26 heavy (non-hydrogen) atoms. The summed E-state index contributed by atoms with van der Waals surface area (Å²) >= 11 is 5.76. The summed E-state index contributed by atoms with van der Waals surface area (Å²) in [6.45, 7) is 0. The molecule has 0 saturated heterocycles. The van der Waals surface area contributed by atoms with Gasteiger partial charge in [-0.15, -0.1) is 0 Å². The van der Waals surface area contributed by atoms with Crippen molar-refractivity contribution in [1.82, 2.24) is 5.32 Å². The number of primary sulfonamides is 1. The monoisotopic (exact) mass is 398 g/mol. The molecule has 5 N–H and O–H groups in total. The van der Waals surface area contributed by atoms with E-state index < -0.39 is 32.8 Å². The maximum Gasteiger partial charge on any atom is 0.326 e. The molecule has 0 aromatic heterocycles. The lowest BCUT2D eigenvalue weighted by molar-refractivity contribution is -0.139. The normalized spacial score (nSPS) is 12.4. The predicted molar refractivity (Wildman–Crippen MR) is 93.5 cm³/mol. The SMILES string of the molecule is NS(=O)(=O)c1cc(C(=O)N[C@@H](Cc2ccc(O)cc2)C(=O)O)ccc1Cl. The van der Waals surface area contributed by atoms with Crippen LogP contribution in [0.3, 0.4) is 0 Å². The van der Waals surface area contributed by atoms with Crippen LogP contribution in [0, 0.1) is 0 Å². The van der Waals surface area contributed by atoms with Crippen molar-refractivity contribution in [2.75, 3.05) is 0 Å². The van der Waals surface area contributed by atoms with Crippen LogP contribution < -0.4 is 10.5 Å². The first-order valence-corrected chi connectivity index (χ1v) is 9.14. The van der Waals surface area contributed by atoms with E-state index in [1.807, 2.05) is 0 Å². The first-order valence-electron chi connectivity index (χ1n) is 7.22. The van der Waals surface area contributed by atoms with E-state index in [4.69, 9.17) is 16.7 Å². The van der Waals surface area contributed by atoms with Crippen LogP contribution in [0.15, 0.2) is 47.4 Å². The summed E-state index contributed by atoms with van der Waals surface area (Å²) in [6, 6.07) is 8.00. The van der Waals surface area contributed by atoms with Gasteiger partial charge >= 0.3 is 5.97 Å². The molecule has 1 atom stereocenters. The standard InChI is InChI=1S/C16H15ClN2O6S/c17-12-6-3-10(8-14(12)26(18,24)25)15(21)19-13(16(22)23)7-9-1-4-11(20)5-2-9/h1-6,8,13,20H,7H2,(H,19,21)(H,22,23)(H2,18,24,25)/t13-/m0/s1. The number of halogens is 1. The lowest BCUT2D eigenvalue weighted by Crippen LogP contribution is -2.42. The number of rotatable bonds is 6. The predicted octanol–water partition coefficient (Wildman–Crippen LogP) is 1.12. The van der Waals surface area contributed by atoms with Gasteiger partial charge < -0.3 is 15.5 Å². The number of carboxylic acids is 1. The maximum atomic E-state index is 12.3. The molecule has 138 valence electrons. The maximum absolute atomic E-state index is 12.3. The molecule has 0 aliphatic heterocycles. The van der Waals surface area contributed by atoms with Gasteiger partial charge in [0.05, 0.1) is 5.02 Å². The van der Waals surface area contributed by atoms with Crippen LogP contribution in [0.25, 0.3) is 0 Å². The number of phenolic OH excluding ortho intramolecular Hbond substituents is 1. The van der Waals surface area contributed by atoms with Crippen molar-refractivity contribution in [3.63, 3.8) is 0 Å². The Morgan fingerprint density at radius 2 is 1.77 bits per heavy atom. The fourth-order valence-corrected chi connectivity index (χ4v) is 3.24. The topological polar surface area (TPSA) is 147 Å². The molecule has 2 aromatic carbocycles. The smallest absolute Gasteiger partial charge is 0.326 e. The minimum absolute atomic E-state index is 0.0290. The molecule has 0 saturated carbocycles. The number of hydrogen-bond acceptors (Lipinski definition) is 5. The van der Waals surface area contributed by atoms with E-state index >= 15 is 0 Å². The molecule has 0 spiro atoms. The molecular weight excluding hydrogens is 384 g/mol. The van der Waals surface area contributed by atoms with Crippen molar-refractivity contribution in [3.8, 4) is 5.75 Å². The van der Waals surface area contributed by atoms with Crippen molar-refractivity contribution < 1.29 is 28.2 Å². The van der Waals surface area contributed by atoms with Crippen LogP contribution in [0.2, 0.25) is 5.02 Å². The first-order chi connectivity index (χ1) is 12.1. The van der Waals surface area contributed by atoms with Crippen LogP contribution in [-0.4, -0.2) is 36.5 Å². The zero-order valence-electron chi connectivity index (χ0n) is 13.2. The van der Waals surface area contributed by atoms with E-state index in [9.17, 15) is 28.2 Å². The van der Waals surface area contributed by atoms with E-state index in [1.54, 1.807) is 0 Å². The Morgan fingerprint density at radius 3 is 2.31 bits per heavy atom. The Hall–Kier alpha value is -2.62. The van der Waals surface area contributed by atoms with E-state index in [-0.39, 0.29) is 22.8 Å². The van der Waals surface area contributed by atoms with Crippen LogP contribution >= 0.6 is 11.6 Å². The van der Waals surface area contributed by atoms with E-state index in [2.05, 4.69) is 5.32 Å². The summed E-state index contributed by atoms with van der Waals surface area (Å²) < 4.78 is 22.9. The van der Waals surface area contributed by atoms with E-state index in [1.165, 1.54) is 36.4 Å². The highest BCUT2D eigenvalue weighted by Crippen LogP contribution is 2.21. The third kappa shape index (κ3) is 4.94. The lowest BCUT2D eigenvalue weighted by atomic mass is 10.1. The third-order valence-corrected chi connectivity index (χ3v) is 4.87. The molecule has 2 rings (SSSR count). The van der Waals surface area contributed by atoms with Crippen LogP contribution in [0.5, 0.6) is 5.75 Å². The number of amides is 1. The average molecular weight is 399 g/mol. The number of benzene rings is 2. The number of carboxylic acid groups (broad SMARTS) is 1. The number of carbonyl (C=O) groups excluding carboxylic acids is 1. The van der Waals surface area contributed by atoms with E-state index in [0.717, 1.165) is 6.07 Å². The highest BCUT2D eigenvalue weighted by Gasteiger charge is 2.23. The summed E-state index contributed by atoms with van der Waals surface area (Å²) in [5, 5.41) is 25.8. The van der Waals surface area contributed by atoms with Crippen LogP contribution in [-0.2, 0) is 21.2 Å². The Labute approximate surface area is 154 Å². The zero-order valence-corrected chi connectivity index (χ0v) is 14.8. The zero-order chi connectivity index (χ0) is 19.5. The van der Waals surface area contributed by atoms with Gasteiger partial charge in [0.2, 0.25) is 10.0 Å². The van der Waals surface area contributed by atoms with Crippen molar-refractivity contribution in [2.45, 2.75) is 17.4 Å². The molecule has 2 aromatic rings. The van der Waals surface area contributed by atoms with Crippen molar-refractivity contribution >= 4 is 33.5 Å². The van der Waals surface area contributed by atoms with Gasteiger partial charge in [0, 0.05) is 12.0 Å². The first kappa shape index (κ1) is 19.7. The van der Waals surface area contributed by atoms with Crippen molar-refractivity contribution in [1.29, 1.82) is 0 Å². The van der Waals surface area contributed by atoms with Gasteiger partial charge in [0.1, 0.15) is 16.7 Å². The minimum atomic E-state index is -4.14. The van der Waals surface area contributed by atoms with Gasteiger partial charge in [0.15, 0.2) is 0 Å². The number of sulfonamides is 1. The highest BCUT2D eigenvalue weighted by atomic mass is 35.5. The summed E-state index contributed by atoms with van der Waals surface area (Å²) in [4.78, 5) is 23.3. The second-order valence-electron chi connectivity index (χ2n) is 5.43. The molecule has 0 unspecified atom stereocenters. The van der Waals surface area contributed by atoms with Crippen molar-refractivity contribution in [3.05, 3.63) is 58.6 Å². The second-order valence-corrected chi connectivity index (χ2v) is 7.36. The third-order valence-electron chi connectivity index (χ3n) is 3.48. The molecular formula is C16H15ClN2O6S. The Kier molecular flexibility index (Phi) is 5.86. The molecule has 0 aliphatic carbocycles. The molecule has 0 aliphatic rings. The van der Waals surface area contributed by atoms with Crippen LogP contribution in [0.4, 0.5) is 0 Å². The number of hydrogen-bond donors (Lipinski definition) is 4. The molecule has 0 heterocycles. The summed E-state index contributed by atoms with van der Waals surface area (Å²) in [5.74, 6) is -2.04. The van der Waals surface area contributed by atoms with Crippen LogP contribution in [0.1, 0.15) is 15.9 Å². The summed E-state index contributed by atoms with van der Waals surface area (Å²) in [7, 11) is -4.14. The number of aliphatic carboxylic acids is 1. The quantitative estimate of drug-likeness (QED) is 0.573. The molecule has 0 radical (unpaired) electrons.